The first-order valence-electron chi connectivity index (χ1n) is 11.7. The van der Waals surface area contributed by atoms with Gasteiger partial charge < -0.3 is 0 Å². The highest BCUT2D eigenvalue weighted by Crippen LogP contribution is 2.46. The smallest absolute Gasteiger partial charge is 0.0655 e. The van der Waals surface area contributed by atoms with E-state index in [1.165, 1.54) is 89.9 Å². The van der Waals surface area contributed by atoms with Crippen molar-refractivity contribution in [3.8, 4) is 6.07 Å². The van der Waals surface area contributed by atoms with Gasteiger partial charge in [0.2, 0.25) is 0 Å². The first-order chi connectivity index (χ1) is 12.3. The molecular weight excluding hydrogens is 302 g/mol. The molecule has 0 aromatic carbocycles. The highest BCUT2D eigenvalue weighted by Gasteiger charge is 2.34. The summed E-state index contributed by atoms with van der Waals surface area (Å²) in [7, 11) is 0. The van der Waals surface area contributed by atoms with E-state index >= 15 is 0 Å². The van der Waals surface area contributed by atoms with Gasteiger partial charge in [-0.25, -0.2) is 0 Å². The van der Waals surface area contributed by atoms with Crippen molar-refractivity contribution in [2.24, 2.45) is 35.5 Å². The average Bonchev–Trinajstić information content (AvgIpc) is 2.69. The van der Waals surface area contributed by atoms with Crippen LogP contribution in [0.3, 0.4) is 0 Å². The Bertz CT molecular complexity index is 398. The van der Waals surface area contributed by atoms with Crippen LogP contribution >= 0.6 is 0 Å². The van der Waals surface area contributed by atoms with Crippen molar-refractivity contribution < 1.29 is 0 Å². The number of unbranched alkanes of at least 4 members (excludes halogenated alkanes) is 2. The van der Waals surface area contributed by atoms with Crippen molar-refractivity contribution in [3.05, 3.63) is 0 Å². The van der Waals surface area contributed by atoms with Crippen molar-refractivity contribution in [1.29, 1.82) is 5.26 Å². The molecule has 142 valence electrons. The molecule has 0 atom stereocenters. The Labute approximate surface area is 157 Å². The van der Waals surface area contributed by atoms with Crippen LogP contribution in [0.2, 0.25) is 0 Å². The molecule has 0 unspecified atom stereocenters. The molecule has 1 nitrogen and oxygen atoms in total. The zero-order chi connectivity index (χ0) is 17.5. The van der Waals surface area contributed by atoms with Gasteiger partial charge in [0.15, 0.2) is 0 Å². The van der Waals surface area contributed by atoms with E-state index in [1.54, 1.807) is 12.8 Å². The lowest BCUT2D eigenvalue weighted by atomic mass is 9.65. The van der Waals surface area contributed by atoms with Crippen LogP contribution in [-0.2, 0) is 0 Å². The molecule has 0 spiro atoms. The maximum atomic E-state index is 9.10. The molecule has 0 aromatic rings. The fourth-order valence-corrected chi connectivity index (χ4v) is 6.44. The molecule has 3 aliphatic rings. The van der Waals surface area contributed by atoms with E-state index in [1.807, 2.05) is 0 Å². The highest BCUT2D eigenvalue weighted by molar-refractivity contribution is 4.90. The van der Waals surface area contributed by atoms with Crippen molar-refractivity contribution in [2.75, 3.05) is 0 Å². The zero-order valence-corrected chi connectivity index (χ0v) is 16.7. The van der Waals surface area contributed by atoms with Crippen LogP contribution in [0.4, 0.5) is 0 Å². The Balaban J connectivity index is 1.34. The standard InChI is InChI=1S/C24H41N/c1-2-3-4-5-19-6-10-21(11-7-19)23-14-16-24(17-15-23)22-12-8-20(18-25)9-13-22/h19-24H,2-17H2,1H3/t19-,20-,21-,22+,23-,24-. The largest absolute Gasteiger partial charge is 0.198 e. The van der Waals surface area contributed by atoms with Gasteiger partial charge >= 0.3 is 0 Å². The van der Waals surface area contributed by atoms with Crippen LogP contribution in [0, 0.1) is 46.8 Å². The van der Waals surface area contributed by atoms with E-state index in [0.717, 1.165) is 29.6 Å². The maximum Gasteiger partial charge on any atom is 0.0655 e. The summed E-state index contributed by atoms with van der Waals surface area (Å²) in [4.78, 5) is 0. The second-order valence-electron chi connectivity index (χ2n) is 9.69. The fraction of sp³-hybridized carbons (Fsp3) is 0.958. The van der Waals surface area contributed by atoms with Gasteiger partial charge in [-0.3, -0.25) is 0 Å². The Morgan fingerprint density at radius 3 is 1.52 bits per heavy atom. The topological polar surface area (TPSA) is 23.8 Å². The third-order valence-corrected chi connectivity index (χ3v) is 8.21. The first-order valence-corrected chi connectivity index (χ1v) is 11.7. The Morgan fingerprint density at radius 2 is 1.08 bits per heavy atom. The maximum absolute atomic E-state index is 9.10. The van der Waals surface area contributed by atoms with Crippen LogP contribution in [0.25, 0.3) is 0 Å². The van der Waals surface area contributed by atoms with Gasteiger partial charge in [0.25, 0.3) is 0 Å². The summed E-state index contributed by atoms with van der Waals surface area (Å²) in [6.07, 6.45) is 23.1. The number of rotatable bonds is 6. The van der Waals surface area contributed by atoms with Crippen molar-refractivity contribution in [2.45, 2.75) is 110 Å². The van der Waals surface area contributed by atoms with E-state index in [9.17, 15) is 0 Å². The predicted octanol–water partition coefficient (Wildman–Crippen LogP) is 7.51. The lowest BCUT2D eigenvalue weighted by Gasteiger charge is -2.41. The van der Waals surface area contributed by atoms with Crippen LogP contribution in [-0.4, -0.2) is 0 Å². The molecule has 0 radical (unpaired) electrons. The SMILES string of the molecule is CCCCC[C@H]1CC[C@H]([C@H]2CC[C@H]([C@H]3CC[C@@H](C#N)CC3)CC2)CC1. The highest BCUT2D eigenvalue weighted by atomic mass is 14.4. The molecule has 0 aliphatic heterocycles. The average molecular weight is 344 g/mol. The first kappa shape index (κ1) is 19.3. The van der Waals surface area contributed by atoms with Gasteiger partial charge in [-0.15, -0.1) is 0 Å². The lowest BCUT2D eigenvalue weighted by Crippen LogP contribution is -2.29. The van der Waals surface area contributed by atoms with Crippen LogP contribution < -0.4 is 0 Å². The molecule has 3 saturated carbocycles. The van der Waals surface area contributed by atoms with Crippen LogP contribution in [0.15, 0.2) is 0 Å². The second kappa shape index (κ2) is 9.99. The molecule has 0 heterocycles. The van der Waals surface area contributed by atoms with Gasteiger partial charge in [-0.2, -0.15) is 5.26 Å². The van der Waals surface area contributed by atoms with Gasteiger partial charge in [0, 0.05) is 5.92 Å². The van der Waals surface area contributed by atoms with E-state index in [4.69, 9.17) is 5.26 Å². The summed E-state index contributed by atoms with van der Waals surface area (Å²) in [5.74, 6) is 5.52. The van der Waals surface area contributed by atoms with Crippen molar-refractivity contribution in [1.82, 2.24) is 0 Å². The molecule has 0 bridgehead atoms. The zero-order valence-electron chi connectivity index (χ0n) is 16.7. The molecule has 25 heavy (non-hydrogen) atoms. The summed E-state index contributed by atoms with van der Waals surface area (Å²) in [6, 6.07) is 2.50. The Hall–Kier alpha value is -0.510. The van der Waals surface area contributed by atoms with Crippen LogP contribution in [0.1, 0.15) is 110 Å². The third kappa shape index (κ3) is 5.48. The molecular formula is C24H41N. The number of hydrogen-bond donors (Lipinski definition) is 0. The molecule has 3 aliphatic carbocycles. The molecule has 0 amide bonds. The van der Waals surface area contributed by atoms with Gasteiger partial charge in [0.1, 0.15) is 0 Å². The van der Waals surface area contributed by atoms with Crippen LogP contribution in [0.5, 0.6) is 0 Å². The summed E-state index contributed by atoms with van der Waals surface area (Å²) in [5.41, 5.74) is 0. The van der Waals surface area contributed by atoms with Gasteiger partial charge in [-0.1, -0.05) is 45.4 Å². The number of hydrogen-bond acceptors (Lipinski definition) is 1. The fourth-order valence-electron chi connectivity index (χ4n) is 6.44. The summed E-state index contributed by atoms with van der Waals surface area (Å²) < 4.78 is 0. The summed E-state index contributed by atoms with van der Waals surface area (Å²) in [6.45, 7) is 2.32. The Kier molecular flexibility index (Phi) is 7.69. The minimum Gasteiger partial charge on any atom is -0.198 e. The lowest BCUT2D eigenvalue weighted by molar-refractivity contribution is 0.107. The van der Waals surface area contributed by atoms with E-state index in [2.05, 4.69) is 13.0 Å². The van der Waals surface area contributed by atoms with Gasteiger partial charge in [-0.05, 0) is 93.8 Å². The molecule has 0 aromatic heterocycles. The molecule has 0 saturated heterocycles. The van der Waals surface area contributed by atoms with Gasteiger partial charge in [0.05, 0.1) is 6.07 Å². The minimum absolute atomic E-state index is 0.375. The quantitative estimate of drug-likeness (QED) is 0.458. The third-order valence-electron chi connectivity index (χ3n) is 8.21. The number of nitrogens with zero attached hydrogens (tertiary/aromatic N) is 1. The molecule has 3 rings (SSSR count). The minimum atomic E-state index is 0.375. The normalized spacial score (nSPS) is 39.7. The molecule has 1 heteroatoms. The summed E-state index contributed by atoms with van der Waals surface area (Å²) in [5, 5.41) is 9.10. The van der Waals surface area contributed by atoms with E-state index in [0.29, 0.717) is 5.92 Å². The molecule has 3 fully saturated rings. The van der Waals surface area contributed by atoms with E-state index < -0.39 is 0 Å². The van der Waals surface area contributed by atoms with Crippen molar-refractivity contribution in [3.63, 3.8) is 0 Å². The summed E-state index contributed by atoms with van der Waals surface area (Å²) >= 11 is 0. The van der Waals surface area contributed by atoms with E-state index in [-0.39, 0.29) is 0 Å². The Morgan fingerprint density at radius 1 is 0.640 bits per heavy atom. The predicted molar refractivity (Wildman–Crippen MR) is 106 cm³/mol. The monoisotopic (exact) mass is 343 g/mol. The second-order valence-corrected chi connectivity index (χ2v) is 9.69. The molecule has 0 N–H and O–H groups in total. The van der Waals surface area contributed by atoms with Crippen molar-refractivity contribution >= 4 is 0 Å². The number of nitriles is 1.